The molecule has 5 heteroatoms. The molecule has 2 aromatic carbocycles. The van der Waals surface area contributed by atoms with Crippen molar-refractivity contribution in [1.29, 1.82) is 0 Å². The van der Waals surface area contributed by atoms with Crippen molar-refractivity contribution in [2.45, 2.75) is 18.2 Å². The van der Waals surface area contributed by atoms with Gasteiger partial charge in [0.15, 0.2) is 0 Å². The van der Waals surface area contributed by atoms with E-state index in [2.05, 4.69) is 21.2 Å². The fourth-order valence-corrected chi connectivity index (χ4v) is 3.54. The van der Waals surface area contributed by atoms with Gasteiger partial charge < -0.3 is 5.32 Å². The van der Waals surface area contributed by atoms with Crippen molar-refractivity contribution in [3.05, 3.63) is 63.4 Å². The fraction of sp³-hybridized carbons (Fsp3) is 0.188. The number of hydrogen-bond donors (Lipinski definition) is 1. The quantitative estimate of drug-likeness (QED) is 0.758. The van der Waals surface area contributed by atoms with Gasteiger partial charge in [-0.15, -0.1) is 11.6 Å². The number of fused-ring (bicyclic) bond motifs is 1. The largest absolute Gasteiger partial charge is 0.326 e. The van der Waals surface area contributed by atoms with E-state index in [1.54, 1.807) is 12.1 Å². The van der Waals surface area contributed by atoms with Gasteiger partial charge in [-0.3, -0.25) is 4.79 Å². The number of alkyl halides is 1. The molecule has 0 aromatic heterocycles. The lowest BCUT2D eigenvalue weighted by Gasteiger charge is -2.20. The zero-order valence-electron chi connectivity index (χ0n) is 11.0. The van der Waals surface area contributed by atoms with Crippen molar-refractivity contribution in [1.82, 2.24) is 0 Å². The minimum atomic E-state index is -0.580. The lowest BCUT2D eigenvalue weighted by Crippen LogP contribution is -2.19. The van der Waals surface area contributed by atoms with Crippen LogP contribution in [-0.2, 0) is 11.2 Å². The molecule has 1 aliphatic heterocycles. The molecule has 0 saturated carbocycles. The number of amides is 1. The summed E-state index contributed by atoms with van der Waals surface area (Å²) in [5.41, 5.74) is 3.09. The van der Waals surface area contributed by atoms with Crippen LogP contribution in [0.1, 0.15) is 28.5 Å². The van der Waals surface area contributed by atoms with Gasteiger partial charge in [-0.2, -0.15) is 0 Å². The van der Waals surface area contributed by atoms with Crippen LogP contribution in [0.15, 0.2) is 40.9 Å². The van der Waals surface area contributed by atoms with E-state index in [1.807, 2.05) is 18.2 Å². The Morgan fingerprint density at radius 3 is 2.81 bits per heavy atom. The molecule has 1 atom stereocenters. The molecule has 1 aliphatic rings. The van der Waals surface area contributed by atoms with Crippen LogP contribution in [0.2, 0.25) is 0 Å². The summed E-state index contributed by atoms with van der Waals surface area (Å²) in [6, 6.07) is 10.4. The van der Waals surface area contributed by atoms with Gasteiger partial charge in [-0.05, 0) is 35.7 Å². The maximum Gasteiger partial charge on any atom is 0.224 e. The van der Waals surface area contributed by atoms with Crippen molar-refractivity contribution >= 4 is 39.1 Å². The zero-order valence-corrected chi connectivity index (χ0v) is 13.3. The van der Waals surface area contributed by atoms with Crippen molar-refractivity contribution in [3.63, 3.8) is 0 Å². The first-order chi connectivity index (χ1) is 10.1. The van der Waals surface area contributed by atoms with Crippen LogP contribution in [-0.4, -0.2) is 5.91 Å². The number of anilines is 1. The smallest absolute Gasteiger partial charge is 0.224 e. The van der Waals surface area contributed by atoms with E-state index in [0.717, 1.165) is 16.8 Å². The Bertz CT molecular complexity index is 699. The van der Waals surface area contributed by atoms with Gasteiger partial charge >= 0.3 is 0 Å². The molecule has 2 aromatic rings. The number of carbonyl (C=O) groups is 1. The van der Waals surface area contributed by atoms with Crippen molar-refractivity contribution in [2.75, 3.05) is 5.32 Å². The molecule has 2 nitrogen and oxygen atoms in total. The summed E-state index contributed by atoms with van der Waals surface area (Å²) in [4.78, 5) is 11.4. The van der Waals surface area contributed by atoms with Crippen LogP contribution >= 0.6 is 27.5 Å². The Morgan fingerprint density at radius 1 is 1.24 bits per heavy atom. The Morgan fingerprint density at radius 2 is 2.05 bits per heavy atom. The van der Waals surface area contributed by atoms with Gasteiger partial charge in [-0.25, -0.2) is 4.39 Å². The Balaban J connectivity index is 1.99. The van der Waals surface area contributed by atoms with Crippen molar-refractivity contribution in [3.8, 4) is 0 Å². The first kappa shape index (κ1) is 14.5. The molecule has 0 saturated heterocycles. The number of nitrogens with one attached hydrogen (secondary N) is 1. The van der Waals surface area contributed by atoms with Crippen molar-refractivity contribution < 1.29 is 9.18 Å². The molecule has 108 valence electrons. The van der Waals surface area contributed by atoms with E-state index < -0.39 is 5.38 Å². The van der Waals surface area contributed by atoms with Crippen LogP contribution in [0, 0.1) is 5.82 Å². The molecule has 1 unspecified atom stereocenters. The third-order valence-corrected chi connectivity index (χ3v) is 4.73. The molecule has 21 heavy (non-hydrogen) atoms. The molecule has 3 rings (SSSR count). The van der Waals surface area contributed by atoms with Gasteiger partial charge in [0.2, 0.25) is 5.91 Å². The first-order valence-electron chi connectivity index (χ1n) is 6.57. The van der Waals surface area contributed by atoms with E-state index in [0.29, 0.717) is 22.9 Å². The number of carbonyl (C=O) groups excluding carboxylic acids is 1. The second kappa shape index (κ2) is 5.78. The third-order valence-electron chi connectivity index (χ3n) is 3.57. The van der Waals surface area contributed by atoms with Crippen molar-refractivity contribution in [2.24, 2.45) is 0 Å². The molecular formula is C16H12BrClFNO. The third kappa shape index (κ3) is 2.83. The van der Waals surface area contributed by atoms with Crippen LogP contribution in [0.5, 0.6) is 0 Å². The van der Waals surface area contributed by atoms with Gasteiger partial charge in [0.25, 0.3) is 0 Å². The standard InChI is InChI=1S/C16H12BrClFNO/c17-11-2-1-3-12(19)15(11)16(18)10-4-6-13-9(8-10)5-7-14(21)20-13/h1-4,6,8,16H,5,7H2,(H,20,21). The summed E-state index contributed by atoms with van der Waals surface area (Å²) in [5, 5.41) is 2.24. The normalized spacial score (nSPS) is 15.3. The van der Waals surface area contributed by atoms with E-state index in [1.165, 1.54) is 6.07 Å². The summed E-state index contributed by atoms with van der Waals surface area (Å²) >= 11 is 9.80. The summed E-state index contributed by atoms with van der Waals surface area (Å²) in [7, 11) is 0. The van der Waals surface area contributed by atoms with Gasteiger partial charge in [0, 0.05) is 22.1 Å². The average molecular weight is 369 g/mol. The number of halogens is 3. The maximum absolute atomic E-state index is 14.0. The SMILES string of the molecule is O=C1CCc2cc(C(Cl)c3c(F)cccc3Br)ccc2N1. The molecule has 0 fully saturated rings. The van der Waals surface area contributed by atoms with E-state index >= 15 is 0 Å². The lowest BCUT2D eigenvalue weighted by molar-refractivity contribution is -0.116. The molecule has 1 heterocycles. The van der Waals surface area contributed by atoms with E-state index in [9.17, 15) is 9.18 Å². The number of hydrogen-bond acceptors (Lipinski definition) is 1. The highest BCUT2D eigenvalue weighted by Gasteiger charge is 2.21. The van der Waals surface area contributed by atoms with E-state index in [-0.39, 0.29) is 11.7 Å². The predicted octanol–water partition coefficient (Wildman–Crippen LogP) is 4.80. The molecule has 0 bridgehead atoms. The highest BCUT2D eigenvalue weighted by atomic mass is 79.9. The Kier molecular flexibility index (Phi) is 4.00. The molecule has 1 N–H and O–H groups in total. The number of aryl methyl sites for hydroxylation is 1. The Labute approximate surface area is 135 Å². The lowest BCUT2D eigenvalue weighted by atomic mass is 9.96. The Hall–Kier alpha value is -1.39. The molecular weight excluding hydrogens is 357 g/mol. The van der Waals surface area contributed by atoms with Gasteiger partial charge in [0.05, 0.1) is 5.38 Å². The summed E-state index contributed by atoms with van der Waals surface area (Å²) in [6.45, 7) is 0. The second-order valence-corrected chi connectivity index (χ2v) is 6.25. The van der Waals surface area contributed by atoms with Crippen LogP contribution < -0.4 is 5.32 Å². The molecule has 0 spiro atoms. The van der Waals surface area contributed by atoms with Crippen LogP contribution in [0.3, 0.4) is 0 Å². The average Bonchev–Trinajstić information content (AvgIpc) is 2.46. The molecule has 1 amide bonds. The predicted molar refractivity (Wildman–Crippen MR) is 85.2 cm³/mol. The van der Waals surface area contributed by atoms with Crippen LogP contribution in [0.4, 0.5) is 10.1 Å². The minimum absolute atomic E-state index is 0.0227. The summed E-state index contributed by atoms with van der Waals surface area (Å²) in [6.07, 6.45) is 1.14. The maximum atomic E-state index is 14.0. The van der Waals surface area contributed by atoms with Gasteiger partial charge in [-0.1, -0.05) is 34.1 Å². The van der Waals surface area contributed by atoms with E-state index in [4.69, 9.17) is 11.6 Å². The monoisotopic (exact) mass is 367 g/mol. The summed E-state index contributed by atoms with van der Waals surface area (Å²) in [5.74, 6) is -0.315. The molecule has 0 radical (unpaired) electrons. The first-order valence-corrected chi connectivity index (χ1v) is 7.80. The summed E-state index contributed by atoms with van der Waals surface area (Å²) < 4.78 is 14.7. The van der Waals surface area contributed by atoms with Crippen LogP contribution in [0.25, 0.3) is 0 Å². The number of benzene rings is 2. The molecule has 0 aliphatic carbocycles. The zero-order chi connectivity index (χ0) is 15.0. The number of rotatable bonds is 2. The second-order valence-electron chi connectivity index (χ2n) is 4.96. The highest BCUT2D eigenvalue weighted by molar-refractivity contribution is 9.10. The fourth-order valence-electron chi connectivity index (χ4n) is 2.48. The topological polar surface area (TPSA) is 29.1 Å². The van der Waals surface area contributed by atoms with Gasteiger partial charge in [0.1, 0.15) is 5.82 Å². The minimum Gasteiger partial charge on any atom is -0.326 e. The highest BCUT2D eigenvalue weighted by Crippen LogP contribution is 2.37.